The molecule has 3 aromatic rings. The van der Waals surface area contributed by atoms with Crippen molar-refractivity contribution in [1.82, 2.24) is 20.0 Å². The molecular weight excluding hydrogens is 440 g/mol. The summed E-state index contributed by atoms with van der Waals surface area (Å²) in [5.74, 6) is 0.985. The highest BCUT2D eigenvalue weighted by Gasteiger charge is 2.37. The predicted octanol–water partition coefficient (Wildman–Crippen LogP) is 4.50. The van der Waals surface area contributed by atoms with E-state index in [2.05, 4.69) is 40.3 Å². The molecule has 1 spiro atoms. The van der Waals surface area contributed by atoms with Crippen LogP contribution in [0.3, 0.4) is 0 Å². The smallest absolute Gasteiger partial charge is 0.274 e. The number of rotatable bonds is 1. The van der Waals surface area contributed by atoms with Crippen LogP contribution in [0, 0.1) is 5.41 Å². The fraction of sp³-hybridized carbons (Fsp3) is 0.500. The molecule has 1 aromatic heterocycles. The molecule has 0 atom stereocenters. The van der Waals surface area contributed by atoms with E-state index in [-0.39, 0.29) is 11.3 Å². The summed E-state index contributed by atoms with van der Waals surface area (Å²) in [6, 6.07) is 16.2. The molecular formula is C28H36N4O3. The number of carbonyl (C=O) groups excluding carboxylic acids is 1. The SMILES string of the molecule is CN1CCOCCCCC2(CCN(C(=O)c3n[nH]c4ccccc34)CC2)COc2ccccc2C1. The summed E-state index contributed by atoms with van der Waals surface area (Å²) in [4.78, 5) is 17.6. The third-order valence-electron chi connectivity index (χ3n) is 7.59. The van der Waals surface area contributed by atoms with Crippen LogP contribution in [0.15, 0.2) is 48.5 Å². The number of likely N-dealkylation sites (tertiary alicyclic amines) is 1. The number of piperidine rings is 1. The molecule has 1 fully saturated rings. The second kappa shape index (κ2) is 10.8. The summed E-state index contributed by atoms with van der Waals surface area (Å²) in [7, 11) is 2.13. The molecule has 1 N–H and O–H groups in total. The van der Waals surface area contributed by atoms with Gasteiger partial charge in [-0.25, -0.2) is 0 Å². The molecule has 0 bridgehead atoms. The first kappa shape index (κ1) is 23.8. The van der Waals surface area contributed by atoms with E-state index in [4.69, 9.17) is 9.47 Å². The number of fused-ring (bicyclic) bond motifs is 2. The van der Waals surface area contributed by atoms with Crippen LogP contribution < -0.4 is 4.74 Å². The number of amides is 1. The molecule has 5 rings (SSSR count). The van der Waals surface area contributed by atoms with E-state index in [9.17, 15) is 4.79 Å². The maximum Gasteiger partial charge on any atom is 0.274 e. The van der Waals surface area contributed by atoms with Crippen LogP contribution in [0.4, 0.5) is 0 Å². The van der Waals surface area contributed by atoms with E-state index in [1.165, 1.54) is 5.56 Å². The van der Waals surface area contributed by atoms with Crippen molar-refractivity contribution in [3.8, 4) is 5.75 Å². The lowest BCUT2D eigenvalue weighted by Crippen LogP contribution is -2.45. The second-order valence-electron chi connectivity index (χ2n) is 10.1. The quantitative estimate of drug-likeness (QED) is 0.560. The van der Waals surface area contributed by atoms with E-state index in [1.807, 2.05) is 35.2 Å². The van der Waals surface area contributed by atoms with Gasteiger partial charge in [-0.2, -0.15) is 5.10 Å². The van der Waals surface area contributed by atoms with Gasteiger partial charge < -0.3 is 14.4 Å². The molecule has 0 saturated carbocycles. The first-order valence-electron chi connectivity index (χ1n) is 12.8. The summed E-state index contributed by atoms with van der Waals surface area (Å²) in [5, 5.41) is 8.22. The van der Waals surface area contributed by atoms with Crippen LogP contribution in [0.25, 0.3) is 10.9 Å². The fourth-order valence-corrected chi connectivity index (χ4v) is 5.33. The van der Waals surface area contributed by atoms with Gasteiger partial charge in [0.25, 0.3) is 5.91 Å². The van der Waals surface area contributed by atoms with Crippen LogP contribution in [-0.4, -0.2) is 72.4 Å². The van der Waals surface area contributed by atoms with Gasteiger partial charge in [0.05, 0.1) is 18.7 Å². The number of aromatic amines is 1. The number of para-hydroxylation sites is 2. The van der Waals surface area contributed by atoms with Crippen molar-refractivity contribution in [3.63, 3.8) is 0 Å². The van der Waals surface area contributed by atoms with Gasteiger partial charge in [0.1, 0.15) is 5.75 Å². The average Bonchev–Trinajstić information content (AvgIpc) is 3.32. The van der Waals surface area contributed by atoms with Gasteiger partial charge in [0.2, 0.25) is 0 Å². The van der Waals surface area contributed by atoms with E-state index in [0.29, 0.717) is 12.3 Å². The largest absolute Gasteiger partial charge is 0.493 e. The van der Waals surface area contributed by atoms with Crippen LogP contribution in [0.2, 0.25) is 0 Å². The zero-order chi connectivity index (χ0) is 24.1. The van der Waals surface area contributed by atoms with Crippen molar-refractivity contribution >= 4 is 16.8 Å². The number of aromatic nitrogens is 2. The summed E-state index contributed by atoms with van der Waals surface area (Å²) >= 11 is 0. The highest BCUT2D eigenvalue weighted by Crippen LogP contribution is 2.38. The van der Waals surface area contributed by atoms with E-state index >= 15 is 0 Å². The van der Waals surface area contributed by atoms with Gasteiger partial charge in [-0.05, 0) is 44.9 Å². The summed E-state index contributed by atoms with van der Waals surface area (Å²) in [6.45, 7) is 5.44. The summed E-state index contributed by atoms with van der Waals surface area (Å²) < 4.78 is 12.4. The molecule has 7 heteroatoms. The number of hydrogen-bond donors (Lipinski definition) is 1. The number of nitrogens with one attached hydrogen (secondary N) is 1. The molecule has 0 aliphatic carbocycles. The predicted molar refractivity (Wildman–Crippen MR) is 137 cm³/mol. The third kappa shape index (κ3) is 5.52. The normalized spacial score (nSPS) is 20.2. The Kier molecular flexibility index (Phi) is 7.35. The summed E-state index contributed by atoms with van der Waals surface area (Å²) in [5.41, 5.74) is 2.69. The first-order chi connectivity index (χ1) is 17.1. The van der Waals surface area contributed by atoms with Crippen LogP contribution in [0.1, 0.15) is 48.2 Å². The average molecular weight is 477 g/mol. The Morgan fingerprint density at radius 3 is 2.66 bits per heavy atom. The molecule has 35 heavy (non-hydrogen) atoms. The minimum atomic E-state index is 0.0147. The third-order valence-corrected chi connectivity index (χ3v) is 7.59. The molecule has 3 heterocycles. The van der Waals surface area contributed by atoms with Gasteiger partial charge in [-0.15, -0.1) is 0 Å². The molecule has 2 aliphatic rings. The van der Waals surface area contributed by atoms with Crippen molar-refractivity contribution in [3.05, 3.63) is 59.8 Å². The van der Waals surface area contributed by atoms with Crippen molar-refractivity contribution in [2.75, 3.05) is 46.5 Å². The van der Waals surface area contributed by atoms with Gasteiger partial charge in [0.15, 0.2) is 5.69 Å². The lowest BCUT2D eigenvalue weighted by Gasteiger charge is -2.42. The Morgan fingerprint density at radius 1 is 0.971 bits per heavy atom. The fourth-order valence-electron chi connectivity index (χ4n) is 5.33. The Labute approximate surface area is 207 Å². The van der Waals surface area contributed by atoms with E-state index in [0.717, 1.165) is 88.1 Å². The number of benzene rings is 2. The van der Waals surface area contributed by atoms with Crippen molar-refractivity contribution < 1.29 is 14.3 Å². The topological polar surface area (TPSA) is 70.7 Å². The van der Waals surface area contributed by atoms with Crippen molar-refractivity contribution in [1.29, 1.82) is 0 Å². The number of nitrogens with zero attached hydrogens (tertiary/aromatic N) is 3. The molecule has 0 unspecified atom stereocenters. The molecule has 0 radical (unpaired) electrons. The zero-order valence-electron chi connectivity index (χ0n) is 20.7. The Balaban J connectivity index is 1.30. The number of likely N-dealkylation sites (N-methyl/N-ethyl adjacent to an activating group) is 1. The van der Waals surface area contributed by atoms with E-state index < -0.39 is 0 Å². The number of carbonyl (C=O) groups is 1. The van der Waals surface area contributed by atoms with Crippen molar-refractivity contribution in [2.45, 2.75) is 38.6 Å². The zero-order valence-corrected chi connectivity index (χ0v) is 20.7. The lowest BCUT2D eigenvalue weighted by atomic mass is 9.75. The van der Waals surface area contributed by atoms with Gasteiger partial charge >= 0.3 is 0 Å². The summed E-state index contributed by atoms with van der Waals surface area (Å²) in [6.07, 6.45) is 5.13. The Bertz CT molecular complexity index is 1140. The standard InChI is InChI=1S/C28H36N4O3/c1-31-17-19-34-18-7-6-12-28(21-35-25-11-5-2-8-22(25)20-31)13-15-32(16-14-28)27(33)26-23-9-3-4-10-24(23)29-30-26/h2-5,8-11H,6-7,12-21H2,1H3,(H,29,30). The highest BCUT2D eigenvalue weighted by molar-refractivity contribution is 6.04. The molecule has 2 aromatic carbocycles. The highest BCUT2D eigenvalue weighted by atomic mass is 16.5. The monoisotopic (exact) mass is 476 g/mol. The Hall–Kier alpha value is -2.90. The van der Waals surface area contributed by atoms with Gasteiger partial charge in [-0.1, -0.05) is 42.8 Å². The minimum Gasteiger partial charge on any atom is -0.493 e. The van der Waals surface area contributed by atoms with E-state index in [1.54, 1.807) is 0 Å². The molecule has 7 nitrogen and oxygen atoms in total. The number of H-pyrrole nitrogens is 1. The molecule has 2 aliphatic heterocycles. The maximum atomic E-state index is 13.3. The second-order valence-corrected chi connectivity index (χ2v) is 10.1. The van der Waals surface area contributed by atoms with Gasteiger partial charge in [-0.3, -0.25) is 14.8 Å². The molecule has 1 amide bonds. The maximum absolute atomic E-state index is 13.3. The number of hydrogen-bond acceptors (Lipinski definition) is 5. The minimum absolute atomic E-state index is 0.0147. The number of ether oxygens (including phenoxy) is 2. The Morgan fingerprint density at radius 2 is 1.77 bits per heavy atom. The van der Waals surface area contributed by atoms with Gasteiger partial charge in [0, 0.05) is 49.2 Å². The van der Waals surface area contributed by atoms with Crippen LogP contribution in [0.5, 0.6) is 5.75 Å². The van der Waals surface area contributed by atoms with Crippen LogP contribution >= 0.6 is 0 Å². The van der Waals surface area contributed by atoms with Crippen LogP contribution in [-0.2, 0) is 11.3 Å². The van der Waals surface area contributed by atoms with Crippen molar-refractivity contribution in [2.24, 2.45) is 5.41 Å². The lowest BCUT2D eigenvalue weighted by molar-refractivity contribution is 0.0331. The molecule has 1 saturated heterocycles. The first-order valence-corrected chi connectivity index (χ1v) is 12.8. The molecule has 186 valence electrons.